The quantitative estimate of drug-likeness (QED) is 0.797. The van der Waals surface area contributed by atoms with Crippen LogP contribution in [-0.4, -0.2) is 58.9 Å². The lowest BCUT2D eigenvalue weighted by Gasteiger charge is -2.34. The Morgan fingerprint density at radius 2 is 2.26 bits per heavy atom. The largest absolute Gasteiger partial charge is 0.273 e. The van der Waals surface area contributed by atoms with Crippen LogP contribution in [0.5, 0.6) is 0 Å². The van der Waals surface area contributed by atoms with Gasteiger partial charge in [0.15, 0.2) is 0 Å². The molecule has 8 nitrogen and oxygen atoms in total. The van der Waals surface area contributed by atoms with Crippen LogP contribution in [0.1, 0.15) is 37.9 Å². The summed E-state index contributed by atoms with van der Waals surface area (Å²) >= 11 is 0. The average molecular weight is 342 g/mol. The van der Waals surface area contributed by atoms with Crippen molar-refractivity contribution >= 4 is 15.9 Å². The normalized spacial score (nSPS) is 22.8. The molecule has 128 valence electrons. The molecule has 0 unspecified atom stereocenters. The number of hydrogen-bond donors (Lipinski definition) is 0. The zero-order chi connectivity index (χ0) is 16.4. The van der Waals surface area contributed by atoms with Gasteiger partial charge in [0.25, 0.3) is 0 Å². The Balaban J connectivity index is 1.76. The minimum Gasteiger partial charge on any atom is -0.273 e. The molecule has 0 spiro atoms. The van der Waals surface area contributed by atoms with E-state index >= 15 is 0 Å². The number of aromatic nitrogens is 2. The fourth-order valence-corrected chi connectivity index (χ4v) is 4.09. The number of rotatable bonds is 4. The van der Waals surface area contributed by atoms with E-state index < -0.39 is 10.0 Å². The summed E-state index contributed by atoms with van der Waals surface area (Å²) in [5, 5.41) is 5.67. The van der Waals surface area contributed by atoms with Gasteiger partial charge in [-0.1, -0.05) is 0 Å². The summed E-state index contributed by atoms with van der Waals surface area (Å²) < 4.78 is 27.6. The minimum absolute atomic E-state index is 0.0526. The van der Waals surface area contributed by atoms with Crippen LogP contribution in [0.2, 0.25) is 0 Å². The molecular weight excluding hydrogens is 320 g/mol. The van der Waals surface area contributed by atoms with Crippen molar-refractivity contribution in [1.29, 1.82) is 0 Å². The van der Waals surface area contributed by atoms with Gasteiger partial charge in [0.05, 0.1) is 37.1 Å². The van der Waals surface area contributed by atoms with Gasteiger partial charge in [-0.3, -0.25) is 14.3 Å². The number of sulfonamides is 1. The zero-order valence-electron chi connectivity index (χ0n) is 13.2. The van der Waals surface area contributed by atoms with Gasteiger partial charge in [-0.05, 0) is 25.8 Å². The second kappa shape index (κ2) is 6.58. The number of nitrogens with zero attached hydrogens (tertiary/aromatic N) is 4. The summed E-state index contributed by atoms with van der Waals surface area (Å²) in [5.41, 5.74) is 0.811. The van der Waals surface area contributed by atoms with Crippen molar-refractivity contribution in [3.63, 3.8) is 0 Å². The van der Waals surface area contributed by atoms with E-state index in [0.717, 1.165) is 18.5 Å². The topological polar surface area (TPSA) is 84.7 Å². The maximum atomic E-state index is 12.4. The predicted octanol–water partition coefficient (Wildman–Crippen LogP) is 0.534. The molecule has 2 aliphatic heterocycles. The van der Waals surface area contributed by atoms with Gasteiger partial charge in [-0.15, -0.1) is 0 Å². The smallest absolute Gasteiger partial charge is 0.248 e. The average Bonchev–Trinajstić information content (AvgIpc) is 3.04. The van der Waals surface area contributed by atoms with Gasteiger partial charge in [-0.2, -0.15) is 9.40 Å². The molecule has 0 N–H and O–H groups in total. The third-order valence-electron chi connectivity index (χ3n) is 4.30. The molecule has 3 rings (SSSR count). The van der Waals surface area contributed by atoms with E-state index in [9.17, 15) is 13.2 Å². The van der Waals surface area contributed by atoms with Gasteiger partial charge < -0.3 is 0 Å². The van der Waals surface area contributed by atoms with Gasteiger partial charge in [0.2, 0.25) is 15.9 Å². The van der Waals surface area contributed by atoms with Gasteiger partial charge >= 0.3 is 0 Å². The molecule has 0 bridgehead atoms. The summed E-state index contributed by atoms with van der Waals surface area (Å²) in [6.07, 6.45) is 3.72. The zero-order valence-corrected chi connectivity index (χ0v) is 14.0. The molecule has 1 aromatic rings. The molecule has 2 aliphatic rings. The molecule has 0 saturated carbocycles. The predicted molar refractivity (Wildman–Crippen MR) is 82.7 cm³/mol. The molecule has 0 aliphatic carbocycles. The van der Waals surface area contributed by atoms with Crippen LogP contribution in [0.3, 0.4) is 0 Å². The Morgan fingerprint density at radius 1 is 1.43 bits per heavy atom. The SMILES string of the molecule is CCS(=O)(=O)N1Cc2ccnn2[C@@H](CC(=O)N2CCCCO2)C1. The van der Waals surface area contributed by atoms with Crippen molar-refractivity contribution < 1.29 is 18.0 Å². The third-order valence-corrected chi connectivity index (χ3v) is 6.09. The highest BCUT2D eigenvalue weighted by Crippen LogP contribution is 2.26. The first-order valence-corrected chi connectivity index (χ1v) is 9.55. The number of fused-ring (bicyclic) bond motifs is 1. The Morgan fingerprint density at radius 3 is 2.96 bits per heavy atom. The fraction of sp³-hybridized carbons (Fsp3) is 0.714. The summed E-state index contributed by atoms with van der Waals surface area (Å²) in [4.78, 5) is 17.8. The number of amides is 1. The van der Waals surface area contributed by atoms with Crippen molar-refractivity contribution in [3.8, 4) is 0 Å². The Kier molecular flexibility index (Phi) is 4.69. The first-order chi connectivity index (χ1) is 11.0. The number of carbonyl (C=O) groups excluding carboxylic acids is 1. The van der Waals surface area contributed by atoms with Crippen LogP contribution in [0, 0.1) is 0 Å². The van der Waals surface area contributed by atoms with Crippen molar-refractivity contribution in [1.82, 2.24) is 19.1 Å². The van der Waals surface area contributed by atoms with Crippen LogP contribution >= 0.6 is 0 Å². The summed E-state index contributed by atoms with van der Waals surface area (Å²) in [5.74, 6) is -0.0660. The highest BCUT2D eigenvalue weighted by molar-refractivity contribution is 7.89. The molecule has 3 heterocycles. The summed E-state index contributed by atoms with van der Waals surface area (Å²) in [7, 11) is -3.30. The number of hydroxylamine groups is 2. The van der Waals surface area contributed by atoms with E-state index in [0.29, 0.717) is 19.7 Å². The van der Waals surface area contributed by atoms with E-state index in [1.54, 1.807) is 23.9 Å². The van der Waals surface area contributed by atoms with E-state index in [4.69, 9.17) is 4.84 Å². The molecule has 1 aromatic heterocycles. The Bertz CT molecular complexity index is 666. The van der Waals surface area contributed by atoms with Crippen LogP contribution in [0.4, 0.5) is 0 Å². The minimum atomic E-state index is -3.30. The van der Waals surface area contributed by atoms with Gasteiger partial charge in [0.1, 0.15) is 0 Å². The summed E-state index contributed by atoms with van der Waals surface area (Å²) in [6.45, 7) is 3.35. The highest BCUT2D eigenvalue weighted by Gasteiger charge is 2.34. The molecule has 1 amide bonds. The van der Waals surface area contributed by atoms with Gasteiger partial charge in [-0.25, -0.2) is 13.5 Å². The molecule has 1 fully saturated rings. The Labute approximate surface area is 136 Å². The van der Waals surface area contributed by atoms with Crippen molar-refractivity contribution in [3.05, 3.63) is 18.0 Å². The maximum absolute atomic E-state index is 12.4. The lowest BCUT2D eigenvalue weighted by molar-refractivity contribution is -0.198. The number of carbonyl (C=O) groups is 1. The molecule has 9 heteroatoms. The van der Waals surface area contributed by atoms with Crippen molar-refractivity contribution in [2.75, 3.05) is 25.4 Å². The molecule has 23 heavy (non-hydrogen) atoms. The summed E-state index contributed by atoms with van der Waals surface area (Å²) in [6, 6.07) is 1.50. The van der Waals surface area contributed by atoms with Crippen molar-refractivity contribution in [2.45, 2.75) is 38.8 Å². The molecule has 1 saturated heterocycles. The number of hydrogen-bond acceptors (Lipinski definition) is 5. The molecule has 0 radical (unpaired) electrons. The van der Waals surface area contributed by atoms with E-state index in [-0.39, 0.29) is 30.7 Å². The Hall–Kier alpha value is -1.45. The fourth-order valence-electron chi connectivity index (χ4n) is 3.00. The second-order valence-corrected chi connectivity index (χ2v) is 8.11. The van der Waals surface area contributed by atoms with Crippen LogP contribution in [-0.2, 0) is 26.2 Å². The lowest BCUT2D eigenvalue weighted by atomic mass is 10.1. The first kappa shape index (κ1) is 16.4. The lowest BCUT2D eigenvalue weighted by Crippen LogP contribution is -2.44. The monoisotopic (exact) mass is 342 g/mol. The van der Waals surface area contributed by atoms with Crippen LogP contribution in [0.25, 0.3) is 0 Å². The van der Waals surface area contributed by atoms with Crippen LogP contribution < -0.4 is 0 Å². The van der Waals surface area contributed by atoms with Crippen LogP contribution in [0.15, 0.2) is 12.3 Å². The third kappa shape index (κ3) is 3.41. The molecular formula is C14H22N4O4S. The standard InChI is InChI=1S/C14H22N4O4S/c1-2-23(20,21)16-10-12-5-6-15-18(12)13(11-16)9-14(19)17-7-3-4-8-22-17/h5-6,13H,2-4,7-11H2,1H3/t13-/m0/s1. The van der Waals surface area contributed by atoms with Crippen molar-refractivity contribution in [2.24, 2.45) is 0 Å². The van der Waals surface area contributed by atoms with E-state index in [1.807, 2.05) is 0 Å². The molecule has 0 aromatic carbocycles. The highest BCUT2D eigenvalue weighted by atomic mass is 32.2. The second-order valence-electron chi connectivity index (χ2n) is 5.85. The van der Waals surface area contributed by atoms with E-state index in [2.05, 4.69) is 5.10 Å². The maximum Gasteiger partial charge on any atom is 0.248 e. The van der Waals surface area contributed by atoms with E-state index in [1.165, 1.54) is 9.37 Å². The van der Waals surface area contributed by atoms with Gasteiger partial charge in [0, 0.05) is 19.3 Å². The first-order valence-electron chi connectivity index (χ1n) is 7.94. The molecule has 1 atom stereocenters.